The molecule has 0 spiro atoms. The molecule has 1 atom stereocenters. The number of aliphatic carboxylic acids is 1. The van der Waals surface area contributed by atoms with Gasteiger partial charge in [-0.05, 0) is 38.7 Å². The molecule has 1 saturated heterocycles. The van der Waals surface area contributed by atoms with E-state index in [1.165, 1.54) is 0 Å². The highest BCUT2D eigenvalue weighted by molar-refractivity contribution is 5.78. The summed E-state index contributed by atoms with van der Waals surface area (Å²) in [5.74, 6) is -1.18. The van der Waals surface area contributed by atoms with E-state index in [4.69, 9.17) is 5.11 Å². The second kappa shape index (κ2) is 6.07. The molecule has 6 heteroatoms. The minimum atomic E-state index is -0.802. The number of carbonyl (C=O) groups is 2. The number of hydrogen-bond donors (Lipinski definition) is 2. The van der Waals surface area contributed by atoms with Crippen LogP contribution in [0.15, 0.2) is 0 Å². The number of nitrogens with one attached hydrogen (secondary N) is 1. The Balaban J connectivity index is 1.90. The monoisotopic (exact) mass is 279 g/mol. The fourth-order valence-corrected chi connectivity index (χ4v) is 2.74. The van der Waals surface area contributed by atoms with Crippen LogP contribution < -0.4 is 0 Å². The Bertz CT molecular complexity index is 490. The van der Waals surface area contributed by atoms with Crippen molar-refractivity contribution in [2.24, 2.45) is 5.92 Å². The summed E-state index contributed by atoms with van der Waals surface area (Å²) in [5.41, 5.74) is 3.01. The number of aromatic nitrogens is 2. The number of rotatable bonds is 4. The van der Waals surface area contributed by atoms with Gasteiger partial charge in [0.2, 0.25) is 5.91 Å². The van der Waals surface area contributed by atoms with E-state index in [1.54, 1.807) is 4.90 Å². The number of likely N-dealkylation sites (tertiary alicyclic amines) is 1. The van der Waals surface area contributed by atoms with Gasteiger partial charge in [-0.1, -0.05) is 0 Å². The lowest BCUT2D eigenvalue weighted by Gasteiger charge is -2.30. The van der Waals surface area contributed by atoms with Crippen LogP contribution in [0.3, 0.4) is 0 Å². The van der Waals surface area contributed by atoms with Crippen molar-refractivity contribution in [2.75, 3.05) is 13.1 Å². The van der Waals surface area contributed by atoms with Crippen LogP contribution in [0.5, 0.6) is 0 Å². The molecule has 0 unspecified atom stereocenters. The average molecular weight is 279 g/mol. The first-order valence-corrected chi connectivity index (χ1v) is 7.00. The predicted octanol–water partition coefficient (Wildman–Crippen LogP) is 1.28. The molecule has 1 aliphatic heterocycles. The summed E-state index contributed by atoms with van der Waals surface area (Å²) in [5, 5.41) is 16.1. The maximum Gasteiger partial charge on any atom is 0.308 e. The van der Waals surface area contributed by atoms with E-state index in [-0.39, 0.29) is 5.91 Å². The van der Waals surface area contributed by atoms with Crippen molar-refractivity contribution in [3.63, 3.8) is 0 Å². The molecule has 2 rings (SSSR count). The molecule has 110 valence electrons. The van der Waals surface area contributed by atoms with Gasteiger partial charge >= 0.3 is 5.97 Å². The smallest absolute Gasteiger partial charge is 0.308 e. The van der Waals surface area contributed by atoms with Crippen molar-refractivity contribution >= 4 is 11.9 Å². The summed E-state index contributed by atoms with van der Waals surface area (Å²) in [6.07, 6.45) is 2.50. The molecule has 0 aromatic carbocycles. The van der Waals surface area contributed by atoms with Gasteiger partial charge in [0.05, 0.1) is 11.6 Å². The standard InChI is InChI=1S/C14H21N3O3/c1-9-12(10(2)16-15-9)5-6-13(18)17-7-3-4-11(8-17)14(19)20/h11H,3-8H2,1-2H3,(H,15,16)(H,19,20)/t11-/m1/s1. The van der Waals surface area contributed by atoms with Gasteiger partial charge in [-0.15, -0.1) is 0 Å². The van der Waals surface area contributed by atoms with Gasteiger partial charge < -0.3 is 10.0 Å². The van der Waals surface area contributed by atoms with E-state index >= 15 is 0 Å². The fraction of sp³-hybridized carbons (Fsp3) is 0.643. The summed E-state index contributed by atoms with van der Waals surface area (Å²) in [4.78, 5) is 24.9. The second-order valence-corrected chi connectivity index (χ2v) is 5.43. The minimum Gasteiger partial charge on any atom is -0.481 e. The first-order valence-electron chi connectivity index (χ1n) is 7.00. The zero-order valence-corrected chi connectivity index (χ0v) is 12.0. The maximum atomic E-state index is 12.2. The molecule has 1 fully saturated rings. The maximum absolute atomic E-state index is 12.2. The van der Waals surface area contributed by atoms with Gasteiger partial charge in [-0.2, -0.15) is 5.10 Å². The Morgan fingerprint density at radius 2 is 2.20 bits per heavy atom. The number of aryl methyl sites for hydroxylation is 2. The van der Waals surface area contributed by atoms with Crippen LogP contribution in [0.1, 0.15) is 36.2 Å². The van der Waals surface area contributed by atoms with Crippen LogP contribution in [0.4, 0.5) is 0 Å². The summed E-state index contributed by atoms with van der Waals surface area (Å²) < 4.78 is 0. The molecular weight excluding hydrogens is 258 g/mol. The van der Waals surface area contributed by atoms with Gasteiger partial charge in [0, 0.05) is 25.2 Å². The fourth-order valence-electron chi connectivity index (χ4n) is 2.74. The Morgan fingerprint density at radius 3 is 2.80 bits per heavy atom. The second-order valence-electron chi connectivity index (χ2n) is 5.43. The lowest BCUT2D eigenvalue weighted by molar-refractivity contribution is -0.145. The third-order valence-corrected chi connectivity index (χ3v) is 3.99. The zero-order chi connectivity index (χ0) is 14.7. The van der Waals surface area contributed by atoms with Crippen molar-refractivity contribution in [3.8, 4) is 0 Å². The molecule has 20 heavy (non-hydrogen) atoms. The van der Waals surface area contributed by atoms with Gasteiger partial charge in [-0.25, -0.2) is 0 Å². The van der Waals surface area contributed by atoms with E-state index < -0.39 is 11.9 Å². The van der Waals surface area contributed by atoms with Gasteiger partial charge in [0.1, 0.15) is 0 Å². The first-order chi connectivity index (χ1) is 9.49. The van der Waals surface area contributed by atoms with E-state index in [0.717, 1.165) is 23.4 Å². The van der Waals surface area contributed by atoms with E-state index in [9.17, 15) is 9.59 Å². The van der Waals surface area contributed by atoms with Crippen LogP contribution in [0, 0.1) is 19.8 Å². The predicted molar refractivity (Wildman–Crippen MR) is 73.3 cm³/mol. The van der Waals surface area contributed by atoms with Crippen LogP contribution >= 0.6 is 0 Å². The van der Waals surface area contributed by atoms with Crippen molar-refractivity contribution in [2.45, 2.75) is 39.5 Å². The average Bonchev–Trinajstić information content (AvgIpc) is 2.75. The van der Waals surface area contributed by atoms with Gasteiger partial charge in [0.15, 0.2) is 0 Å². The summed E-state index contributed by atoms with van der Waals surface area (Å²) in [7, 11) is 0. The third-order valence-electron chi connectivity index (χ3n) is 3.99. The van der Waals surface area contributed by atoms with Crippen LogP contribution in [0.2, 0.25) is 0 Å². The molecule has 1 aliphatic rings. The highest BCUT2D eigenvalue weighted by Crippen LogP contribution is 2.19. The molecular formula is C14H21N3O3. The van der Waals surface area contributed by atoms with Crippen molar-refractivity contribution in [3.05, 3.63) is 17.0 Å². The molecule has 2 N–H and O–H groups in total. The highest BCUT2D eigenvalue weighted by Gasteiger charge is 2.27. The van der Waals surface area contributed by atoms with Crippen LogP contribution in [-0.2, 0) is 16.0 Å². The normalized spacial score (nSPS) is 19.1. The molecule has 1 aromatic heterocycles. The number of aromatic amines is 1. The lowest BCUT2D eigenvalue weighted by Crippen LogP contribution is -2.42. The highest BCUT2D eigenvalue weighted by atomic mass is 16.4. The minimum absolute atomic E-state index is 0.0379. The van der Waals surface area contributed by atoms with E-state index in [1.807, 2.05) is 13.8 Å². The molecule has 1 aromatic rings. The molecule has 2 heterocycles. The number of nitrogens with zero attached hydrogens (tertiary/aromatic N) is 2. The number of carbonyl (C=O) groups excluding carboxylic acids is 1. The summed E-state index contributed by atoms with van der Waals surface area (Å²) >= 11 is 0. The Morgan fingerprint density at radius 1 is 1.45 bits per heavy atom. The largest absolute Gasteiger partial charge is 0.481 e. The summed E-state index contributed by atoms with van der Waals surface area (Å²) in [6.45, 7) is 4.88. The van der Waals surface area contributed by atoms with Crippen LogP contribution in [0.25, 0.3) is 0 Å². The number of hydrogen-bond acceptors (Lipinski definition) is 3. The third kappa shape index (κ3) is 3.18. The number of carboxylic acid groups (broad SMARTS) is 1. The number of H-pyrrole nitrogens is 1. The Labute approximate surface area is 118 Å². The number of amides is 1. The van der Waals surface area contributed by atoms with Gasteiger partial charge in [-0.3, -0.25) is 14.7 Å². The Hall–Kier alpha value is -1.85. The molecule has 6 nitrogen and oxygen atoms in total. The number of carboxylic acids is 1. The van der Waals surface area contributed by atoms with Crippen molar-refractivity contribution in [1.82, 2.24) is 15.1 Å². The first kappa shape index (κ1) is 14.6. The topological polar surface area (TPSA) is 86.3 Å². The quantitative estimate of drug-likeness (QED) is 0.869. The van der Waals surface area contributed by atoms with Crippen molar-refractivity contribution < 1.29 is 14.7 Å². The summed E-state index contributed by atoms with van der Waals surface area (Å²) in [6, 6.07) is 0. The number of piperidine rings is 1. The molecule has 0 aliphatic carbocycles. The Kier molecular flexibility index (Phi) is 4.42. The molecule has 0 saturated carbocycles. The molecule has 0 bridgehead atoms. The SMILES string of the molecule is Cc1n[nH]c(C)c1CCC(=O)N1CCC[C@@H](C(=O)O)C1. The zero-order valence-electron chi connectivity index (χ0n) is 12.0. The molecule has 0 radical (unpaired) electrons. The van der Waals surface area contributed by atoms with E-state index in [2.05, 4.69) is 10.2 Å². The van der Waals surface area contributed by atoms with Crippen LogP contribution in [-0.4, -0.2) is 45.2 Å². The van der Waals surface area contributed by atoms with E-state index in [0.29, 0.717) is 32.4 Å². The lowest BCUT2D eigenvalue weighted by atomic mass is 9.97. The van der Waals surface area contributed by atoms with Crippen molar-refractivity contribution in [1.29, 1.82) is 0 Å². The van der Waals surface area contributed by atoms with Gasteiger partial charge in [0.25, 0.3) is 0 Å². The molecule has 1 amide bonds.